The Hall–Kier alpha value is -1.59. The van der Waals surface area contributed by atoms with E-state index in [0.29, 0.717) is 12.1 Å². The monoisotopic (exact) mass is 265 g/mol. The number of thiazole rings is 1. The van der Waals surface area contributed by atoms with Gasteiger partial charge in [-0.15, -0.1) is 11.3 Å². The summed E-state index contributed by atoms with van der Waals surface area (Å²) in [6, 6.07) is 5.73. The predicted octanol–water partition coefficient (Wildman–Crippen LogP) is 2.24. The van der Waals surface area contributed by atoms with Crippen LogP contribution in [-0.2, 0) is 13.0 Å². The van der Waals surface area contributed by atoms with Gasteiger partial charge in [-0.25, -0.2) is 4.98 Å². The SMILES string of the molecule is COc1ccc(Cc2nc(CO)cs2)c(OC)c1. The van der Waals surface area contributed by atoms with Crippen molar-refractivity contribution in [1.82, 2.24) is 4.98 Å². The quantitative estimate of drug-likeness (QED) is 0.901. The molecular formula is C13H15NO3S. The van der Waals surface area contributed by atoms with Gasteiger partial charge in [-0.3, -0.25) is 0 Å². The number of aliphatic hydroxyl groups is 1. The summed E-state index contributed by atoms with van der Waals surface area (Å²) >= 11 is 1.54. The highest BCUT2D eigenvalue weighted by Crippen LogP contribution is 2.27. The van der Waals surface area contributed by atoms with Crippen LogP contribution in [0.2, 0.25) is 0 Å². The van der Waals surface area contributed by atoms with Crippen molar-refractivity contribution in [1.29, 1.82) is 0 Å². The zero-order valence-corrected chi connectivity index (χ0v) is 11.2. The second-order valence-electron chi connectivity index (χ2n) is 3.75. The Morgan fingerprint density at radius 2 is 2.11 bits per heavy atom. The minimum atomic E-state index is -0.0176. The van der Waals surface area contributed by atoms with Gasteiger partial charge < -0.3 is 14.6 Å². The van der Waals surface area contributed by atoms with Crippen LogP contribution in [0.25, 0.3) is 0 Å². The number of rotatable bonds is 5. The van der Waals surface area contributed by atoms with E-state index in [1.165, 1.54) is 0 Å². The highest BCUT2D eigenvalue weighted by molar-refractivity contribution is 7.09. The number of nitrogens with zero attached hydrogens (tertiary/aromatic N) is 1. The molecule has 4 nitrogen and oxygen atoms in total. The smallest absolute Gasteiger partial charge is 0.126 e. The van der Waals surface area contributed by atoms with Crippen molar-refractivity contribution in [2.45, 2.75) is 13.0 Å². The van der Waals surface area contributed by atoms with E-state index in [4.69, 9.17) is 14.6 Å². The van der Waals surface area contributed by atoms with Crippen molar-refractivity contribution in [3.63, 3.8) is 0 Å². The third kappa shape index (κ3) is 2.80. The van der Waals surface area contributed by atoms with Crippen LogP contribution in [0.3, 0.4) is 0 Å². The maximum atomic E-state index is 8.99. The van der Waals surface area contributed by atoms with Gasteiger partial charge in [0.25, 0.3) is 0 Å². The number of benzene rings is 1. The molecule has 18 heavy (non-hydrogen) atoms. The van der Waals surface area contributed by atoms with Crippen LogP contribution < -0.4 is 9.47 Å². The van der Waals surface area contributed by atoms with Gasteiger partial charge in [-0.1, -0.05) is 6.07 Å². The summed E-state index contributed by atoms with van der Waals surface area (Å²) in [6.45, 7) is -0.0176. The summed E-state index contributed by atoms with van der Waals surface area (Å²) in [5, 5.41) is 11.8. The molecule has 5 heteroatoms. The highest BCUT2D eigenvalue weighted by atomic mass is 32.1. The molecule has 2 aromatic rings. The summed E-state index contributed by atoms with van der Waals surface area (Å²) in [7, 11) is 3.27. The molecule has 0 bridgehead atoms. The van der Waals surface area contributed by atoms with Gasteiger partial charge in [0, 0.05) is 23.4 Å². The van der Waals surface area contributed by atoms with E-state index < -0.39 is 0 Å². The second kappa shape index (κ2) is 5.84. The fourth-order valence-electron chi connectivity index (χ4n) is 1.66. The molecule has 0 aliphatic carbocycles. The molecule has 2 rings (SSSR count). The molecule has 0 amide bonds. The molecule has 96 valence electrons. The average molecular weight is 265 g/mol. The summed E-state index contributed by atoms with van der Waals surface area (Å²) < 4.78 is 10.5. The zero-order valence-electron chi connectivity index (χ0n) is 10.3. The van der Waals surface area contributed by atoms with Crippen molar-refractivity contribution < 1.29 is 14.6 Å². The van der Waals surface area contributed by atoms with Gasteiger partial charge in [-0.05, 0) is 6.07 Å². The van der Waals surface area contributed by atoms with Crippen molar-refractivity contribution in [2.24, 2.45) is 0 Å². The first-order chi connectivity index (χ1) is 8.76. The third-order valence-electron chi connectivity index (χ3n) is 2.60. The molecule has 1 aromatic heterocycles. The van der Waals surface area contributed by atoms with Crippen LogP contribution >= 0.6 is 11.3 Å². The largest absolute Gasteiger partial charge is 0.497 e. The van der Waals surface area contributed by atoms with Crippen LogP contribution in [0.1, 0.15) is 16.3 Å². The first-order valence-corrected chi connectivity index (χ1v) is 6.40. The number of hydrogen-bond donors (Lipinski definition) is 1. The third-order valence-corrected chi connectivity index (χ3v) is 3.49. The molecule has 0 saturated heterocycles. The maximum absolute atomic E-state index is 8.99. The molecule has 1 heterocycles. The van der Waals surface area contributed by atoms with Crippen molar-refractivity contribution in [2.75, 3.05) is 14.2 Å². The fourth-order valence-corrected chi connectivity index (χ4v) is 2.47. The lowest BCUT2D eigenvalue weighted by Crippen LogP contribution is -1.95. The lowest BCUT2D eigenvalue weighted by Gasteiger charge is -2.09. The molecule has 0 aliphatic rings. The molecule has 0 aliphatic heterocycles. The summed E-state index contributed by atoms with van der Waals surface area (Å²) in [4.78, 5) is 4.32. The van der Waals surface area contributed by atoms with E-state index in [2.05, 4.69) is 4.98 Å². The average Bonchev–Trinajstić information content (AvgIpc) is 2.87. The van der Waals surface area contributed by atoms with Crippen molar-refractivity contribution in [3.8, 4) is 11.5 Å². The topological polar surface area (TPSA) is 51.6 Å². The zero-order chi connectivity index (χ0) is 13.0. The van der Waals surface area contributed by atoms with Gasteiger partial charge in [0.05, 0.1) is 31.5 Å². The van der Waals surface area contributed by atoms with Crippen LogP contribution in [0.4, 0.5) is 0 Å². The number of aromatic nitrogens is 1. The number of aliphatic hydroxyl groups excluding tert-OH is 1. The van der Waals surface area contributed by atoms with E-state index in [9.17, 15) is 0 Å². The lowest BCUT2D eigenvalue weighted by atomic mass is 10.1. The molecule has 0 unspecified atom stereocenters. The van der Waals surface area contributed by atoms with Crippen molar-refractivity contribution in [3.05, 3.63) is 39.8 Å². The van der Waals surface area contributed by atoms with Crippen LogP contribution in [0, 0.1) is 0 Å². The van der Waals surface area contributed by atoms with Crippen LogP contribution in [0.15, 0.2) is 23.6 Å². The van der Waals surface area contributed by atoms with Crippen LogP contribution in [0.5, 0.6) is 11.5 Å². The summed E-state index contributed by atoms with van der Waals surface area (Å²) in [6.07, 6.45) is 0.692. The Bertz CT molecular complexity index is 525. The van der Waals surface area contributed by atoms with Gasteiger partial charge >= 0.3 is 0 Å². The Balaban J connectivity index is 2.22. The first kappa shape index (κ1) is 12.9. The highest BCUT2D eigenvalue weighted by Gasteiger charge is 2.08. The van der Waals surface area contributed by atoms with E-state index in [0.717, 1.165) is 22.1 Å². The maximum Gasteiger partial charge on any atom is 0.126 e. The Kier molecular flexibility index (Phi) is 4.17. The summed E-state index contributed by atoms with van der Waals surface area (Å²) in [5.74, 6) is 1.56. The normalized spacial score (nSPS) is 10.4. The molecule has 1 N–H and O–H groups in total. The van der Waals surface area contributed by atoms with E-state index in [1.807, 2.05) is 23.6 Å². The lowest BCUT2D eigenvalue weighted by molar-refractivity contribution is 0.277. The van der Waals surface area contributed by atoms with E-state index in [1.54, 1.807) is 25.6 Å². The molecular weight excluding hydrogens is 250 g/mol. The fraction of sp³-hybridized carbons (Fsp3) is 0.308. The van der Waals surface area contributed by atoms with Gasteiger partial charge in [0.1, 0.15) is 11.5 Å². The second-order valence-corrected chi connectivity index (χ2v) is 4.69. The minimum Gasteiger partial charge on any atom is -0.497 e. The van der Waals surface area contributed by atoms with Gasteiger partial charge in [-0.2, -0.15) is 0 Å². The Morgan fingerprint density at radius 3 is 2.72 bits per heavy atom. The van der Waals surface area contributed by atoms with E-state index >= 15 is 0 Å². The first-order valence-electron chi connectivity index (χ1n) is 5.52. The predicted molar refractivity (Wildman–Crippen MR) is 70.4 cm³/mol. The molecule has 0 spiro atoms. The number of hydrogen-bond acceptors (Lipinski definition) is 5. The van der Waals surface area contributed by atoms with Gasteiger partial charge in [0.15, 0.2) is 0 Å². The molecule has 0 atom stereocenters. The number of methoxy groups -OCH3 is 2. The Morgan fingerprint density at radius 1 is 1.28 bits per heavy atom. The van der Waals surface area contributed by atoms with Crippen LogP contribution in [-0.4, -0.2) is 24.3 Å². The van der Waals surface area contributed by atoms with Gasteiger partial charge in [0.2, 0.25) is 0 Å². The van der Waals surface area contributed by atoms with Crippen molar-refractivity contribution >= 4 is 11.3 Å². The Labute approximate surface area is 110 Å². The molecule has 0 radical (unpaired) electrons. The molecule has 0 saturated carbocycles. The summed E-state index contributed by atoms with van der Waals surface area (Å²) in [5.41, 5.74) is 1.76. The van der Waals surface area contributed by atoms with E-state index in [-0.39, 0.29) is 6.61 Å². The standard InChI is InChI=1S/C13H15NO3S/c1-16-11-4-3-9(12(6-11)17-2)5-13-14-10(7-15)8-18-13/h3-4,6,8,15H,5,7H2,1-2H3. The molecule has 0 fully saturated rings. The minimum absolute atomic E-state index is 0.0176. The number of ether oxygens (including phenoxy) is 2. The molecule has 1 aromatic carbocycles.